The van der Waals surface area contributed by atoms with E-state index < -0.39 is 0 Å². The Morgan fingerprint density at radius 3 is 2.90 bits per heavy atom. The molecule has 4 nitrogen and oxygen atoms in total. The first-order valence-corrected chi connectivity index (χ1v) is 7.53. The lowest BCUT2D eigenvalue weighted by Crippen LogP contribution is -2.42. The summed E-state index contributed by atoms with van der Waals surface area (Å²) < 4.78 is 0. The van der Waals surface area contributed by atoms with E-state index in [2.05, 4.69) is 34.7 Å². The van der Waals surface area contributed by atoms with Crippen molar-refractivity contribution in [3.63, 3.8) is 0 Å². The van der Waals surface area contributed by atoms with Crippen molar-refractivity contribution in [1.29, 1.82) is 0 Å². The quantitative estimate of drug-likeness (QED) is 0.593. The van der Waals surface area contributed by atoms with Crippen LogP contribution in [-0.4, -0.2) is 11.0 Å². The van der Waals surface area contributed by atoms with E-state index in [9.17, 15) is 0 Å². The van der Waals surface area contributed by atoms with Gasteiger partial charge in [-0.2, -0.15) is 0 Å². The fraction of sp³-hybridized carbons (Fsp3) is 0.353. The van der Waals surface area contributed by atoms with Crippen LogP contribution < -0.4 is 17.0 Å². The van der Waals surface area contributed by atoms with Gasteiger partial charge in [-0.3, -0.25) is 11.3 Å². The molecule has 0 aliphatic heterocycles. The molecular weight excluding hydrogens is 260 g/mol. The molecule has 5 N–H and O–H groups in total. The molecule has 21 heavy (non-hydrogen) atoms. The molecule has 0 bridgehead atoms. The smallest absolute Gasteiger partial charge is 0.126 e. The summed E-state index contributed by atoms with van der Waals surface area (Å²) in [5.41, 5.74) is 12.9. The van der Waals surface area contributed by atoms with Gasteiger partial charge in [0.2, 0.25) is 0 Å². The molecule has 0 saturated carbocycles. The van der Waals surface area contributed by atoms with E-state index in [1.54, 1.807) is 6.20 Å². The highest BCUT2D eigenvalue weighted by molar-refractivity contribution is 5.40. The van der Waals surface area contributed by atoms with E-state index in [0.29, 0.717) is 11.7 Å². The molecular formula is C17H22N4. The van der Waals surface area contributed by atoms with Crippen LogP contribution in [0.3, 0.4) is 0 Å². The van der Waals surface area contributed by atoms with Gasteiger partial charge in [0, 0.05) is 18.2 Å². The number of hydrazine groups is 1. The average molecular weight is 282 g/mol. The number of nitrogens with two attached hydrogens (primary N) is 2. The van der Waals surface area contributed by atoms with Crippen molar-refractivity contribution >= 4 is 5.82 Å². The second kappa shape index (κ2) is 6.24. The zero-order valence-electron chi connectivity index (χ0n) is 12.1. The van der Waals surface area contributed by atoms with E-state index in [0.717, 1.165) is 18.4 Å². The number of fused-ring (bicyclic) bond motifs is 1. The monoisotopic (exact) mass is 282 g/mol. The summed E-state index contributed by atoms with van der Waals surface area (Å²) in [6, 6.07) is 12.8. The van der Waals surface area contributed by atoms with Gasteiger partial charge in [-0.15, -0.1) is 0 Å². The van der Waals surface area contributed by atoms with Crippen LogP contribution in [0, 0.1) is 0 Å². The van der Waals surface area contributed by atoms with E-state index in [1.165, 1.54) is 24.0 Å². The summed E-state index contributed by atoms with van der Waals surface area (Å²) in [6.45, 7) is 0. The normalized spacial score (nSPS) is 19.0. The predicted octanol–water partition coefficient (Wildman–Crippen LogP) is 2.16. The largest absolute Gasteiger partial charge is 0.383 e. The first kappa shape index (κ1) is 14.0. The van der Waals surface area contributed by atoms with Crippen molar-refractivity contribution < 1.29 is 0 Å². The minimum Gasteiger partial charge on any atom is -0.383 e. The van der Waals surface area contributed by atoms with Gasteiger partial charge in [0.1, 0.15) is 5.82 Å². The fourth-order valence-corrected chi connectivity index (χ4v) is 3.39. The summed E-state index contributed by atoms with van der Waals surface area (Å²) in [7, 11) is 0. The standard InChI is InChI=1S/C17H22N4/c18-17-13(7-4-10-20-17)11-16(21-19)15-9-3-6-12-5-1-2-8-14(12)15/h1-2,4-5,7-8,10,15-16,21H,3,6,9,11,19H2,(H2,18,20). The minimum absolute atomic E-state index is 0.179. The lowest BCUT2D eigenvalue weighted by molar-refractivity contribution is 0.395. The second-order valence-corrected chi connectivity index (χ2v) is 5.72. The molecule has 0 fully saturated rings. The van der Waals surface area contributed by atoms with Crippen LogP contribution in [-0.2, 0) is 12.8 Å². The fourth-order valence-electron chi connectivity index (χ4n) is 3.39. The molecule has 1 aromatic heterocycles. The van der Waals surface area contributed by atoms with Crippen LogP contribution in [0.25, 0.3) is 0 Å². The van der Waals surface area contributed by atoms with Crippen molar-refractivity contribution in [1.82, 2.24) is 10.4 Å². The highest BCUT2D eigenvalue weighted by Crippen LogP contribution is 2.35. The van der Waals surface area contributed by atoms with E-state index in [1.807, 2.05) is 12.1 Å². The molecule has 1 heterocycles. The van der Waals surface area contributed by atoms with Gasteiger partial charge in [0.15, 0.2) is 0 Å². The number of hydrogen-bond acceptors (Lipinski definition) is 4. The number of nitrogens with one attached hydrogen (secondary N) is 1. The third-order valence-corrected chi connectivity index (χ3v) is 4.48. The van der Waals surface area contributed by atoms with Gasteiger partial charge in [0.25, 0.3) is 0 Å². The number of hydrogen-bond donors (Lipinski definition) is 3. The van der Waals surface area contributed by atoms with E-state index in [4.69, 9.17) is 11.6 Å². The van der Waals surface area contributed by atoms with E-state index in [-0.39, 0.29) is 6.04 Å². The summed E-state index contributed by atoms with van der Waals surface area (Å²) in [6.07, 6.45) is 6.06. The van der Waals surface area contributed by atoms with Gasteiger partial charge in [-0.1, -0.05) is 30.3 Å². The molecule has 2 atom stereocenters. The zero-order chi connectivity index (χ0) is 14.7. The van der Waals surface area contributed by atoms with Crippen LogP contribution in [0.5, 0.6) is 0 Å². The minimum atomic E-state index is 0.179. The average Bonchev–Trinajstić information content (AvgIpc) is 2.54. The number of anilines is 1. The van der Waals surface area contributed by atoms with Crippen LogP contribution in [0.2, 0.25) is 0 Å². The van der Waals surface area contributed by atoms with Crippen molar-refractivity contribution in [2.75, 3.05) is 5.73 Å². The van der Waals surface area contributed by atoms with Crippen molar-refractivity contribution in [3.8, 4) is 0 Å². The van der Waals surface area contributed by atoms with Gasteiger partial charge in [-0.05, 0) is 48.4 Å². The molecule has 4 heteroatoms. The number of pyridine rings is 1. The Morgan fingerprint density at radius 1 is 1.24 bits per heavy atom. The molecule has 3 rings (SSSR count). The second-order valence-electron chi connectivity index (χ2n) is 5.72. The van der Waals surface area contributed by atoms with Gasteiger partial charge >= 0.3 is 0 Å². The maximum atomic E-state index is 5.97. The molecule has 2 aromatic rings. The maximum Gasteiger partial charge on any atom is 0.126 e. The van der Waals surface area contributed by atoms with Crippen molar-refractivity contribution in [3.05, 3.63) is 59.3 Å². The number of rotatable bonds is 4. The Labute approximate surface area is 125 Å². The Hall–Kier alpha value is -1.91. The lowest BCUT2D eigenvalue weighted by atomic mass is 9.77. The molecule has 1 aromatic carbocycles. The molecule has 0 spiro atoms. The van der Waals surface area contributed by atoms with Gasteiger partial charge < -0.3 is 5.73 Å². The molecule has 0 saturated heterocycles. The van der Waals surface area contributed by atoms with Gasteiger partial charge in [-0.25, -0.2) is 4.98 Å². The summed E-state index contributed by atoms with van der Waals surface area (Å²) in [5, 5.41) is 0. The number of nitrogen functional groups attached to an aromatic ring is 1. The van der Waals surface area contributed by atoms with Crippen LogP contribution in [0.1, 0.15) is 35.4 Å². The zero-order valence-corrected chi connectivity index (χ0v) is 12.1. The summed E-state index contributed by atoms with van der Waals surface area (Å²) in [4.78, 5) is 4.17. The highest BCUT2D eigenvalue weighted by atomic mass is 15.2. The van der Waals surface area contributed by atoms with Crippen molar-refractivity contribution in [2.24, 2.45) is 5.84 Å². The maximum absolute atomic E-state index is 5.97. The van der Waals surface area contributed by atoms with E-state index >= 15 is 0 Å². The number of benzene rings is 1. The van der Waals surface area contributed by atoms with Gasteiger partial charge in [0.05, 0.1) is 0 Å². The van der Waals surface area contributed by atoms with Crippen molar-refractivity contribution in [2.45, 2.75) is 37.6 Å². The Bertz CT molecular complexity index is 611. The molecule has 110 valence electrons. The number of aryl methyl sites for hydroxylation is 1. The lowest BCUT2D eigenvalue weighted by Gasteiger charge is -2.32. The molecule has 0 radical (unpaired) electrons. The summed E-state index contributed by atoms with van der Waals surface area (Å²) in [5.74, 6) is 6.88. The van der Waals surface area contributed by atoms with Crippen LogP contribution in [0.15, 0.2) is 42.6 Å². The molecule has 0 amide bonds. The first-order chi connectivity index (χ1) is 10.3. The third-order valence-electron chi connectivity index (χ3n) is 4.48. The molecule has 2 unspecified atom stereocenters. The SMILES string of the molecule is NNC(Cc1cccnc1N)C1CCCc2ccccc21. The first-order valence-electron chi connectivity index (χ1n) is 7.53. The number of aromatic nitrogens is 1. The van der Waals surface area contributed by atoms with Crippen LogP contribution >= 0.6 is 0 Å². The van der Waals surface area contributed by atoms with Crippen LogP contribution in [0.4, 0.5) is 5.82 Å². The number of nitrogens with zero attached hydrogens (tertiary/aromatic N) is 1. The Balaban J connectivity index is 1.86. The molecule has 1 aliphatic carbocycles. The Morgan fingerprint density at radius 2 is 2.10 bits per heavy atom. The Kier molecular flexibility index (Phi) is 4.18. The molecule has 1 aliphatic rings. The topological polar surface area (TPSA) is 77.0 Å². The predicted molar refractivity (Wildman–Crippen MR) is 85.6 cm³/mol. The summed E-state index contributed by atoms with van der Waals surface area (Å²) >= 11 is 0. The third kappa shape index (κ3) is 2.91. The highest BCUT2D eigenvalue weighted by Gasteiger charge is 2.27.